The number of thiophene rings is 1. The number of carbonyl (C=O) groups is 1. The van der Waals surface area contributed by atoms with Gasteiger partial charge in [-0.15, -0.1) is 0 Å². The van der Waals surface area contributed by atoms with Gasteiger partial charge in [0.1, 0.15) is 5.69 Å². The molecule has 0 radical (unpaired) electrons. The van der Waals surface area contributed by atoms with E-state index in [1.807, 2.05) is 29.0 Å². The van der Waals surface area contributed by atoms with Crippen LogP contribution >= 0.6 is 11.3 Å². The third kappa shape index (κ3) is 3.22. The molecule has 0 aliphatic rings. The maximum atomic E-state index is 12.4. The molecule has 4 aromatic heterocycles. The van der Waals surface area contributed by atoms with Crippen molar-refractivity contribution < 1.29 is 9.21 Å². The van der Waals surface area contributed by atoms with E-state index in [0.29, 0.717) is 23.7 Å². The molecule has 0 unspecified atom stereocenters. The molecule has 2 N–H and O–H groups in total. The Morgan fingerprint density at radius 3 is 3.04 bits per heavy atom. The topological polar surface area (TPSA) is 83.8 Å². The van der Waals surface area contributed by atoms with Gasteiger partial charge in [-0.05, 0) is 35.2 Å². The number of furan rings is 1. The van der Waals surface area contributed by atoms with E-state index in [-0.39, 0.29) is 5.91 Å². The molecule has 124 valence electrons. The van der Waals surface area contributed by atoms with Gasteiger partial charge < -0.3 is 9.73 Å². The monoisotopic (exact) mass is 350 g/mol. The number of aromatic amines is 1. The zero-order chi connectivity index (χ0) is 17.1. The first kappa shape index (κ1) is 15.3. The van der Waals surface area contributed by atoms with Gasteiger partial charge in [0.25, 0.3) is 5.91 Å². The summed E-state index contributed by atoms with van der Waals surface area (Å²) in [7, 11) is 0. The first-order valence-corrected chi connectivity index (χ1v) is 8.59. The minimum Gasteiger partial charge on any atom is -0.463 e. The Labute approximate surface area is 147 Å². The Bertz CT molecular complexity index is 974. The smallest absolute Gasteiger partial charge is 0.272 e. The molecule has 0 saturated carbocycles. The number of nitrogens with zero attached hydrogens (tertiary/aromatic N) is 2. The first-order chi connectivity index (χ1) is 12.3. The average molecular weight is 350 g/mol. The number of aromatic nitrogens is 3. The lowest BCUT2D eigenvalue weighted by atomic mass is 10.1. The van der Waals surface area contributed by atoms with Crippen molar-refractivity contribution in [2.45, 2.75) is 6.54 Å². The van der Waals surface area contributed by atoms with Crippen LogP contribution in [-0.4, -0.2) is 21.1 Å². The van der Waals surface area contributed by atoms with Crippen LogP contribution < -0.4 is 5.32 Å². The molecule has 0 aromatic carbocycles. The van der Waals surface area contributed by atoms with Gasteiger partial charge in [0.15, 0.2) is 11.5 Å². The fourth-order valence-corrected chi connectivity index (χ4v) is 3.14. The molecule has 0 spiro atoms. The summed E-state index contributed by atoms with van der Waals surface area (Å²) in [5.74, 6) is 0.382. The molecule has 0 atom stereocenters. The third-order valence-corrected chi connectivity index (χ3v) is 4.41. The van der Waals surface area contributed by atoms with Crippen molar-refractivity contribution in [3.8, 4) is 22.7 Å². The standard InChI is InChI=1S/C18H14N4O2S/c23-18(15-9-14(21-22-15)16-4-2-7-24-16)20-10-12-3-1-6-19-17(12)13-5-8-25-11-13/h1-9,11H,10H2,(H,20,23)(H,21,22). The van der Waals surface area contributed by atoms with Crippen LogP contribution in [0.25, 0.3) is 22.7 Å². The van der Waals surface area contributed by atoms with Crippen molar-refractivity contribution in [1.82, 2.24) is 20.5 Å². The Hall–Kier alpha value is -3.19. The van der Waals surface area contributed by atoms with Crippen molar-refractivity contribution in [2.75, 3.05) is 0 Å². The van der Waals surface area contributed by atoms with Crippen LogP contribution in [-0.2, 0) is 6.54 Å². The molecular weight excluding hydrogens is 336 g/mol. The van der Waals surface area contributed by atoms with Gasteiger partial charge in [0, 0.05) is 29.8 Å². The van der Waals surface area contributed by atoms with Crippen LogP contribution in [0.4, 0.5) is 0 Å². The van der Waals surface area contributed by atoms with E-state index in [4.69, 9.17) is 4.42 Å². The molecule has 1 amide bonds. The van der Waals surface area contributed by atoms with Gasteiger partial charge in [-0.2, -0.15) is 16.4 Å². The van der Waals surface area contributed by atoms with E-state index in [1.54, 1.807) is 42.0 Å². The molecule has 0 aliphatic heterocycles. The average Bonchev–Trinajstić information content (AvgIpc) is 3.41. The fourth-order valence-electron chi connectivity index (χ4n) is 2.50. The normalized spacial score (nSPS) is 10.7. The predicted molar refractivity (Wildman–Crippen MR) is 95.0 cm³/mol. The lowest BCUT2D eigenvalue weighted by Gasteiger charge is -2.08. The van der Waals surface area contributed by atoms with Crippen LogP contribution in [0.5, 0.6) is 0 Å². The van der Waals surface area contributed by atoms with Gasteiger partial charge in [0.2, 0.25) is 0 Å². The van der Waals surface area contributed by atoms with Gasteiger partial charge in [0.05, 0.1) is 12.0 Å². The zero-order valence-electron chi connectivity index (χ0n) is 13.1. The second-order valence-corrected chi connectivity index (χ2v) is 6.13. The molecule has 25 heavy (non-hydrogen) atoms. The van der Waals surface area contributed by atoms with Crippen molar-refractivity contribution >= 4 is 17.2 Å². The highest BCUT2D eigenvalue weighted by atomic mass is 32.1. The number of rotatable bonds is 5. The van der Waals surface area contributed by atoms with Crippen molar-refractivity contribution in [1.29, 1.82) is 0 Å². The van der Waals surface area contributed by atoms with Crippen LogP contribution in [0.1, 0.15) is 16.1 Å². The van der Waals surface area contributed by atoms with Crippen LogP contribution in [0.2, 0.25) is 0 Å². The summed E-state index contributed by atoms with van der Waals surface area (Å²) >= 11 is 1.62. The molecule has 0 bridgehead atoms. The van der Waals surface area contributed by atoms with Crippen molar-refractivity contribution in [3.63, 3.8) is 0 Å². The molecule has 0 saturated heterocycles. The minimum atomic E-state index is -0.255. The number of hydrogen-bond donors (Lipinski definition) is 2. The predicted octanol–water partition coefficient (Wildman–Crippen LogP) is 3.72. The summed E-state index contributed by atoms with van der Waals surface area (Å²) in [6, 6.07) is 11.1. The van der Waals surface area contributed by atoms with Gasteiger partial charge in [-0.1, -0.05) is 6.07 Å². The lowest BCUT2D eigenvalue weighted by molar-refractivity contribution is 0.0946. The number of pyridine rings is 1. The second kappa shape index (κ2) is 6.74. The molecule has 6 nitrogen and oxygen atoms in total. The second-order valence-electron chi connectivity index (χ2n) is 5.35. The summed E-state index contributed by atoms with van der Waals surface area (Å²) in [6.45, 7) is 0.376. The Kier molecular flexibility index (Phi) is 4.14. The molecule has 4 heterocycles. The third-order valence-electron chi connectivity index (χ3n) is 3.72. The zero-order valence-corrected chi connectivity index (χ0v) is 13.9. The largest absolute Gasteiger partial charge is 0.463 e. The van der Waals surface area contributed by atoms with Gasteiger partial charge >= 0.3 is 0 Å². The van der Waals surface area contributed by atoms with Gasteiger partial charge in [-0.25, -0.2) is 0 Å². The van der Waals surface area contributed by atoms with E-state index in [9.17, 15) is 4.79 Å². The van der Waals surface area contributed by atoms with E-state index < -0.39 is 0 Å². The van der Waals surface area contributed by atoms with Crippen LogP contribution in [0.3, 0.4) is 0 Å². The van der Waals surface area contributed by atoms with E-state index >= 15 is 0 Å². The molecule has 0 fully saturated rings. The summed E-state index contributed by atoms with van der Waals surface area (Å²) < 4.78 is 5.29. The minimum absolute atomic E-state index is 0.255. The fraction of sp³-hybridized carbons (Fsp3) is 0.0556. The maximum absolute atomic E-state index is 12.4. The van der Waals surface area contributed by atoms with E-state index in [2.05, 4.69) is 20.5 Å². The highest BCUT2D eigenvalue weighted by molar-refractivity contribution is 7.08. The molecule has 7 heteroatoms. The van der Waals surface area contributed by atoms with Crippen LogP contribution in [0, 0.1) is 0 Å². The first-order valence-electron chi connectivity index (χ1n) is 7.65. The quantitative estimate of drug-likeness (QED) is 0.574. The molecule has 4 rings (SSSR count). The van der Waals surface area contributed by atoms with Gasteiger partial charge in [-0.3, -0.25) is 14.9 Å². The Balaban J connectivity index is 1.48. The number of nitrogens with one attached hydrogen (secondary N) is 2. The Morgan fingerprint density at radius 1 is 1.28 bits per heavy atom. The highest BCUT2D eigenvalue weighted by Crippen LogP contribution is 2.23. The number of carbonyl (C=O) groups excluding carboxylic acids is 1. The lowest BCUT2D eigenvalue weighted by Crippen LogP contribution is -2.23. The SMILES string of the molecule is O=C(NCc1cccnc1-c1ccsc1)c1cc(-c2ccco2)[nH]n1. The molecular formula is C18H14N4O2S. The number of H-pyrrole nitrogens is 1. The highest BCUT2D eigenvalue weighted by Gasteiger charge is 2.14. The van der Waals surface area contributed by atoms with E-state index in [0.717, 1.165) is 16.8 Å². The molecule has 4 aromatic rings. The van der Waals surface area contributed by atoms with Crippen LogP contribution in [0.15, 0.2) is 64.0 Å². The number of hydrogen-bond acceptors (Lipinski definition) is 5. The molecule has 0 aliphatic carbocycles. The summed E-state index contributed by atoms with van der Waals surface area (Å²) in [5.41, 5.74) is 3.86. The summed E-state index contributed by atoms with van der Waals surface area (Å²) in [5, 5.41) is 13.8. The van der Waals surface area contributed by atoms with Crippen molar-refractivity contribution in [3.05, 3.63) is 70.9 Å². The summed E-state index contributed by atoms with van der Waals surface area (Å²) in [6.07, 6.45) is 3.33. The Morgan fingerprint density at radius 2 is 2.24 bits per heavy atom. The van der Waals surface area contributed by atoms with Crippen molar-refractivity contribution in [2.24, 2.45) is 0 Å². The summed E-state index contributed by atoms with van der Waals surface area (Å²) in [4.78, 5) is 16.8. The maximum Gasteiger partial charge on any atom is 0.272 e. The van der Waals surface area contributed by atoms with E-state index in [1.165, 1.54) is 0 Å². The number of amides is 1.